The van der Waals surface area contributed by atoms with Crippen molar-refractivity contribution in [2.45, 2.75) is 182 Å². The standard InChI is InChI=1S/C39H54O9.C24H40O6/c1-4-7-10-13-16-19-25-46-28-22-31-32(23-29-47-26-20-17-14-11-8-5-2)35(38(42)43)36(39(44)45)33(34(31)37(40)41)24-30-48-27-21-18-15-12-9-6-3;1-6-10-14-20(8-3)18-28-24(5,29-19-21(9-4)15-11-7-2)30-23(27)17-13-12-16-22(25)26/h4-6,16-21H,1-3,7-15,22-30H2,(H,40,41)(H,42,43)(H,44,45);13,17-19H,6-12,14-16H2,1-5H3,(H,25,26). The Hall–Kier alpha value is -6.29. The molecule has 0 amide bonds. The van der Waals surface area contributed by atoms with Crippen molar-refractivity contribution >= 4 is 29.8 Å². The van der Waals surface area contributed by atoms with Gasteiger partial charge in [0, 0.05) is 12.5 Å². The Labute approximate surface area is 466 Å². The van der Waals surface area contributed by atoms with Crippen LogP contribution in [0.25, 0.3) is 0 Å². The Kier molecular flexibility index (Phi) is 43.0. The van der Waals surface area contributed by atoms with Crippen LogP contribution in [0.5, 0.6) is 0 Å². The van der Waals surface area contributed by atoms with E-state index in [-0.39, 0.29) is 87.4 Å². The molecule has 0 spiro atoms. The van der Waals surface area contributed by atoms with Crippen molar-refractivity contribution in [2.75, 3.05) is 39.6 Å². The lowest BCUT2D eigenvalue weighted by Gasteiger charge is -2.27. The smallest absolute Gasteiger partial charge is 0.415 e. The summed E-state index contributed by atoms with van der Waals surface area (Å²) in [6, 6.07) is 0. The molecule has 0 atom stereocenters. The second kappa shape index (κ2) is 46.8. The minimum atomic E-state index is -1.60. The normalized spacial score (nSPS) is 12.6. The van der Waals surface area contributed by atoms with Crippen molar-refractivity contribution in [3.8, 4) is 0 Å². The van der Waals surface area contributed by atoms with Gasteiger partial charge < -0.3 is 48.8 Å². The predicted molar refractivity (Wildman–Crippen MR) is 309 cm³/mol. The molecule has 15 heteroatoms. The first kappa shape index (κ1) is 71.7. The van der Waals surface area contributed by atoms with Crippen molar-refractivity contribution in [2.24, 2.45) is 0 Å². The first-order valence-corrected chi connectivity index (χ1v) is 27.8. The van der Waals surface area contributed by atoms with E-state index < -0.39 is 46.9 Å². The van der Waals surface area contributed by atoms with Crippen LogP contribution >= 0.6 is 0 Å². The molecule has 0 unspecified atom stereocenters. The molecule has 1 rings (SSSR count). The predicted octanol–water partition coefficient (Wildman–Crippen LogP) is 14.8. The lowest BCUT2D eigenvalue weighted by atomic mass is 9.83. The Balaban J connectivity index is 0.00000170. The quantitative estimate of drug-likeness (QED) is 0.0119. The minimum absolute atomic E-state index is 0.00476. The van der Waals surface area contributed by atoms with Crippen molar-refractivity contribution in [3.63, 3.8) is 0 Å². The highest BCUT2D eigenvalue weighted by atomic mass is 16.9. The number of unbranched alkanes of at least 4 members (excludes halogenated alkanes) is 8. The monoisotopic (exact) mass is 1090 g/mol. The summed E-state index contributed by atoms with van der Waals surface area (Å²) in [5.74, 6) is -7.47. The van der Waals surface area contributed by atoms with Gasteiger partial charge in [-0.15, -0.1) is 19.7 Å². The molecule has 0 fully saturated rings. The maximum Gasteiger partial charge on any atom is 0.415 e. The van der Waals surface area contributed by atoms with Crippen LogP contribution in [0.4, 0.5) is 0 Å². The zero-order valence-electron chi connectivity index (χ0n) is 47.7. The Bertz CT molecular complexity index is 2090. The van der Waals surface area contributed by atoms with Gasteiger partial charge in [-0.25, -0.2) is 19.2 Å². The molecule has 0 aromatic heterocycles. The third-order valence-electron chi connectivity index (χ3n) is 12.0. The number of rotatable bonds is 47. The third-order valence-corrected chi connectivity index (χ3v) is 12.0. The number of benzene rings is 1. The van der Waals surface area contributed by atoms with Gasteiger partial charge in [0.05, 0.1) is 75.8 Å². The van der Waals surface area contributed by atoms with E-state index in [9.17, 15) is 39.3 Å². The first-order valence-electron chi connectivity index (χ1n) is 27.8. The van der Waals surface area contributed by atoms with Gasteiger partial charge in [-0.3, -0.25) is 4.79 Å². The molecule has 15 nitrogen and oxygen atoms in total. The topological polar surface area (TPSA) is 222 Å². The highest BCUT2D eigenvalue weighted by Gasteiger charge is 2.33. The molecule has 0 aliphatic heterocycles. The Morgan fingerprint density at radius 2 is 0.859 bits per heavy atom. The van der Waals surface area contributed by atoms with E-state index in [1.165, 1.54) is 12.2 Å². The number of aromatic carboxylic acids is 3. The molecule has 0 bridgehead atoms. The number of carboxylic acids is 4. The fourth-order valence-electron chi connectivity index (χ4n) is 7.62. The fraction of sp³-hybridized carbons (Fsp3) is 0.540. The average Bonchev–Trinajstić information content (AvgIpc) is 3.40. The molecule has 0 saturated carbocycles. The number of carboxylic acid groups (broad SMARTS) is 4. The Morgan fingerprint density at radius 3 is 1.22 bits per heavy atom. The van der Waals surface area contributed by atoms with Crippen LogP contribution in [0.15, 0.2) is 110 Å². The zero-order chi connectivity index (χ0) is 58.2. The van der Waals surface area contributed by atoms with Gasteiger partial charge in [0.1, 0.15) is 0 Å². The SMILES string of the molecule is C=CCCCC=CCOCCc1c(CCOCC=CCCCC=C)c(C(=O)O)c(C(=O)O)c(CCOCC=CCCCC=C)c1C(=O)O.CCCCC(=COC(C)(OC=C(CC)CCCC)OC(=O)C=CCCC(=O)O)CC. The minimum Gasteiger partial charge on any atom is -0.481 e. The summed E-state index contributed by atoms with van der Waals surface area (Å²) >= 11 is 0. The summed E-state index contributed by atoms with van der Waals surface area (Å²) in [6.45, 7) is 22.1. The molecule has 78 heavy (non-hydrogen) atoms. The highest BCUT2D eigenvalue weighted by molar-refractivity contribution is 6.07. The van der Waals surface area contributed by atoms with Crippen LogP contribution in [-0.2, 0) is 57.3 Å². The van der Waals surface area contributed by atoms with Crippen molar-refractivity contribution < 1.29 is 72.8 Å². The van der Waals surface area contributed by atoms with Crippen LogP contribution in [0, 0.1) is 0 Å². The van der Waals surface area contributed by atoms with Crippen LogP contribution in [0.2, 0.25) is 0 Å². The lowest BCUT2D eigenvalue weighted by molar-refractivity contribution is -0.309. The van der Waals surface area contributed by atoms with Crippen molar-refractivity contribution in [1.29, 1.82) is 0 Å². The molecule has 436 valence electrons. The van der Waals surface area contributed by atoms with E-state index in [1.54, 1.807) is 19.4 Å². The molecule has 0 saturated heterocycles. The molecule has 0 radical (unpaired) electrons. The van der Waals surface area contributed by atoms with Crippen LogP contribution in [0.1, 0.15) is 204 Å². The van der Waals surface area contributed by atoms with Crippen LogP contribution < -0.4 is 0 Å². The summed E-state index contributed by atoms with van der Waals surface area (Å²) < 4.78 is 34.2. The third kappa shape index (κ3) is 33.8. The summed E-state index contributed by atoms with van der Waals surface area (Å²) in [4.78, 5) is 60.9. The molecule has 4 N–H and O–H groups in total. The van der Waals surface area contributed by atoms with Gasteiger partial charge in [0.25, 0.3) is 0 Å². The average molecular weight is 1090 g/mol. The molecule has 1 aromatic carbocycles. The maximum atomic E-state index is 12.8. The van der Waals surface area contributed by atoms with Crippen molar-refractivity contribution in [3.05, 3.63) is 144 Å². The maximum absolute atomic E-state index is 12.8. The molecule has 0 aliphatic rings. The number of carbonyl (C=O) groups is 5. The molecule has 0 heterocycles. The number of carbonyl (C=O) groups excluding carboxylic acids is 1. The molecule has 0 aliphatic carbocycles. The zero-order valence-corrected chi connectivity index (χ0v) is 47.7. The number of esters is 1. The summed E-state index contributed by atoms with van der Waals surface area (Å²) in [5, 5.41) is 39.7. The van der Waals surface area contributed by atoms with Gasteiger partial charge in [0.15, 0.2) is 0 Å². The summed E-state index contributed by atoms with van der Waals surface area (Å²) in [5.41, 5.74) is 1.34. The van der Waals surface area contributed by atoms with Gasteiger partial charge in [-0.05, 0) is 150 Å². The van der Waals surface area contributed by atoms with E-state index in [1.807, 2.05) is 54.7 Å². The Morgan fingerprint density at radius 1 is 0.474 bits per heavy atom. The van der Waals surface area contributed by atoms with Crippen LogP contribution in [-0.4, -0.2) is 95.9 Å². The van der Waals surface area contributed by atoms with Crippen LogP contribution in [0.3, 0.4) is 0 Å². The number of hydrogen-bond acceptors (Lipinski definition) is 11. The molecule has 1 aromatic rings. The highest BCUT2D eigenvalue weighted by Crippen LogP contribution is 2.32. The number of aliphatic carboxylic acids is 1. The largest absolute Gasteiger partial charge is 0.481 e. The van der Waals surface area contributed by atoms with Gasteiger partial charge in [-0.1, -0.05) is 101 Å². The van der Waals surface area contributed by atoms with E-state index in [0.717, 1.165) is 120 Å². The lowest BCUT2D eigenvalue weighted by Crippen LogP contribution is -2.35. The summed E-state index contributed by atoms with van der Waals surface area (Å²) in [7, 11) is 0. The summed E-state index contributed by atoms with van der Waals surface area (Å²) in [6.07, 6.45) is 39.3. The second-order valence-corrected chi connectivity index (χ2v) is 18.3. The number of hydrogen-bond donors (Lipinski definition) is 4. The van der Waals surface area contributed by atoms with E-state index in [0.29, 0.717) is 6.61 Å². The molecular weight excluding hydrogens is 997 g/mol. The van der Waals surface area contributed by atoms with E-state index in [4.69, 9.17) is 33.5 Å². The molecular formula is C63H94O15. The van der Waals surface area contributed by atoms with Gasteiger partial charge in [0.2, 0.25) is 0 Å². The number of ether oxygens (including phenoxy) is 6. The van der Waals surface area contributed by atoms with Gasteiger partial charge >= 0.3 is 35.8 Å². The first-order chi connectivity index (χ1) is 37.6. The van der Waals surface area contributed by atoms with E-state index in [2.05, 4.69) is 47.4 Å². The number of allylic oxidation sites excluding steroid dienone is 9. The fourth-order valence-corrected chi connectivity index (χ4v) is 7.62. The second-order valence-electron chi connectivity index (χ2n) is 18.3. The van der Waals surface area contributed by atoms with E-state index >= 15 is 0 Å². The van der Waals surface area contributed by atoms with Crippen molar-refractivity contribution in [1.82, 2.24) is 0 Å². The van der Waals surface area contributed by atoms with Gasteiger partial charge in [-0.2, -0.15) is 0 Å².